The standard InChI is InChI=1S/C24H23NO2S/c1-18-8-7-9-22(16-18)27-17-19(2)24(28-23-10-5-4-6-11-23)25-20-12-14-21(26-3)15-13-20/h4-17H,1-3H3/b19-17+,25-24?. The van der Waals surface area contributed by atoms with Crippen LogP contribution in [0.5, 0.6) is 11.5 Å². The van der Waals surface area contributed by atoms with Crippen LogP contribution in [0.4, 0.5) is 5.69 Å². The van der Waals surface area contributed by atoms with Gasteiger partial charge in [-0.3, -0.25) is 0 Å². The van der Waals surface area contributed by atoms with Gasteiger partial charge in [-0.15, -0.1) is 0 Å². The zero-order valence-electron chi connectivity index (χ0n) is 16.3. The molecule has 3 aromatic carbocycles. The van der Waals surface area contributed by atoms with Crippen LogP contribution in [0.3, 0.4) is 0 Å². The van der Waals surface area contributed by atoms with Crippen LogP contribution < -0.4 is 9.47 Å². The maximum absolute atomic E-state index is 5.87. The van der Waals surface area contributed by atoms with Crippen molar-refractivity contribution in [2.24, 2.45) is 4.99 Å². The van der Waals surface area contributed by atoms with Crippen molar-refractivity contribution in [1.82, 2.24) is 0 Å². The van der Waals surface area contributed by atoms with Crippen molar-refractivity contribution in [3.05, 3.63) is 96.3 Å². The number of benzene rings is 3. The Labute approximate surface area is 170 Å². The number of aryl methyl sites for hydroxylation is 1. The van der Waals surface area contributed by atoms with Crippen LogP contribution in [-0.4, -0.2) is 12.2 Å². The molecule has 0 radical (unpaired) electrons. The van der Waals surface area contributed by atoms with E-state index in [4.69, 9.17) is 14.5 Å². The number of aliphatic imine (C=N–C) groups is 1. The van der Waals surface area contributed by atoms with E-state index < -0.39 is 0 Å². The maximum Gasteiger partial charge on any atom is 0.126 e. The Morgan fingerprint density at radius 2 is 1.64 bits per heavy atom. The lowest BCUT2D eigenvalue weighted by atomic mass is 10.2. The first kappa shape index (κ1) is 19.8. The average Bonchev–Trinajstić information content (AvgIpc) is 2.73. The Hall–Kier alpha value is -2.98. The highest BCUT2D eigenvalue weighted by molar-refractivity contribution is 8.14. The van der Waals surface area contributed by atoms with Gasteiger partial charge in [-0.25, -0.2) is 4.99 Å². The van der Waals surface area contributed by atoms with E-state index >= 15 is 0 Å². The lowest BCUT2D eigenvalue weighted by Gasteiger charge is -2.09. The fourth-order valence-corrected chi connectivity index (χ4v) is 3.34. The highest BCUT2D eigenvalue weighted by atomic mass is 32.2. The molecule has 0 aromatic heterocycles. The Balaban J connectivity index is 1.87. The number of ether oxygens (including phenoxy) is 2. The second-order valence-corrected chi connectivity index (χ2v) is 7.33. The molecule has 0 spiro atoms. The molecule has 0 N–H and O–H groups in total. The summed E-state index contributed by atoms with van der Waals surface area (Å²) in [5.41, 5.74) is 2.98. The van der Waals surface area contributed by atoms with Crippen molar-refractivity contribution in [3.8, 4) is 11.5 Å². The van der Waals surface area contributed by atoms with Crippen molar-refractivity contribution >= 4 is 22.5 Å². The maximum atomic E-state index is 5.87. The third-order valence-electron chi connectivity index (χ3n) is 3.96. The van der Waals surface area contributed by atoms with E-state index in [1.54, 1.807) is 25.1 Å². The molecular formula is C24H23NO2S. The van der Waals surface area contributed by atoms with E-state index in [1.165, 1.54) is 0 Å². The van der Waals surface area contributed by atoms with Crippen molar-refractivity contribution in [2.45, 2.75) is 18.7 Å². The molecule has 0 heterocycles. The molecule has 0 atom stereocenters. The number of rotatable bonds is 6. The van der Waals surface area contributed by atoms with E-state index in [2.05, 4.69) is 12.1 Å². The van der Waals surface area contributed by atoms with Crippen LogP contribution in [0.15, 0.2) is 101 Å². The van der Waals surface area contributed by atoms with Gasteiger partial charge in [0.1, 0.15) is 16.5 Å². The number of thioether (sulfide) groups is 1. The quantitative estimate of drug-likeness (QED) is 0.201. The molecule has 3 nitrogen and oxygen atoms in total. The molecule has 0 saturated carbocycles. The molecule has 4 heteroatoms. The zero-order valence-corrected chi connectivity index (χ0v) is 17.1. The molecule has 0 saturated heterocycles. The smallest absolute Gasteiger partial charge is 0.126 e. The van der Waals surface area contributed by atoms with Gasteiger partial charge in [0.05, 0.1) is 19.1 Å². The number of methoxy groups -OCH3 is 1. The van der Waals surface area contributed by atoms with Gasteiger partial charge >= 0.3 is 0 Å². The Kier molecular flexibility index (Phi) is 6.93. The van der Waals surface area contributed by atoms with Crippen LogP contribution in [0.1, 0.15) is 12.5 Å². The van der Waals surface area contributed by atoms with Gasteiger partial charge in [-0.05, 0) is 67.9 Å². The monoisotopic (exact) mass is 389 g/mol. The van der Waals surface area contributed by atoms with E-state index in [9.17, 15) is 0 Å². The van der Waals surface area contributed by atoms with E-state index in [0.717, 1.165) is 38.3 Å². The van der Waals surface area contributed by atoms with E-state index in [0.29, 0.717) is 0 Å². The fourth-order valence-electron chi connectivity index (χ4n) is 2.46. The Morgan fingerprint density at radius 3 is 2.32 bits per heavy atom. The highest BCUT2D eigenvalue weighted by Crippen LogP contribution is 2.27. The predicted octanol–water partition coefficient (Wildman–Crippen LogP) is 6.81. The van der Waals surface area contributed by atoms with Crippen LogP contribution in [0.25, 0.3) is 0 Å². The van der Waals surface area contributed by atoms with Gasteiger partial charge in [0.15, 0.2) is 0 Å². The summed E-state index contributed by atoms with van der Waals surface area (Å²) >= 11 is 1.61. The van der Waals surface area contributed by atoms with Crippen molar-refractivity contribution < 1.29 is 9.47 Å². The van der Waals surface area contributed by atoms with Gasteiger partial charge in [-0.1, -0.05) is 42.1 Å². The minimum atomic E-state index is 0.811. The van der Waals surface area contributed by atoms with Gasteiger partial charge in [0.2, 0.25) is 0 Å². The van der Waals surface area contributed by atoms with Crippen LogP contribution in [-0.2, 0) is 0 Å². The summed E-state index contributed by atoms with van der Waals surface area (Å²) in [4.78, 5) is 5.96. The molecule has 0 amide bonds. The molecule has 0 aliphatic rings. The molecule has 3 rings (SSSR count). The Bertz CT molecular complexity index is 963. The third kappa shape index (κ3) is 5.76. The summed E-state index contributed by atoms with van der Waals surface area (Å²) in [7, 11) is 1.66. The molecule has 0 bridgehead atoms. The van der Waals surface area contributed by atoms with Gasteiger partial charge in [-0.2, -0.15) is 0 Å². The van der Waals surface area contributed by atoms with Crippen LogP contribution in [0, 0.1) is 6.92 Å². The minimum absolute atomic E-state index is 0.811. The second kappa shape index (κ2) is 9.81. The average molecular weight is 390 g/mol. The Morgan fingerprint density at radius 1 is 0.893 bits per heavy atom. The largest absolute Gasteiger partial charge is 0.497 e. The van der Waals surface area contributed by atoms with Crippen molar-refractivity contribution in [2.75, 3.05) is 7.11 Å². The summed E-state index contributed by atoms with van der Waals surface area (Å²) < 4.78 is 11.1. The molecule has 142 valence electrons. The fraction of sp³-hybridized carbons (Fsp3) is 0.125. The minimum Gasteiger partial charge on any atom is -0.497 e. The first-order valence-electron chi connectivity index (χ1n) is 9.00. The van der Waals surface area contributed by atoms with E-state index in [-0.39, 0.29) is 0 Å². The summed E-state index contributed by atoms with van der Waals surface area (Å²) in [6, 6.07) is 25.9. The van der Waals surface area contributed by atoms with Crippen molar-refractivity contribution in [1.29, 1.82) is 0 Å². The first-order valence-corrected chi connectivity index (χ1v) is 9.82. The lowest BCUT2D eigenvalue weighted by Crippen LogP contribution is -1.97. The molecule has 0 aliphatic heterocycles. The third-order valence-corrected chi connectivity index (χ3v) is 5.07. The SMILES string of the molecule is COc1ccc(N=C(Sc2ccccc2)/C(C)=C/Oc2cccc(C)c2)cc1. The normalized spacial score (nSPS) is 12.0. The summed E-state index contributed by atoms with van der Waals surface area (Å²) in [5, 5.41) is 0.879. The zero-order chi connectivity index (χ0) is 19.8. The number of hydrogen-bond acceptors (Lipinski definition) is 4. The number of nitrogens with zero attached hydrogens (tertiary/aromatic N) is 1. The second-order valence-electron chi connectivity index (χ2n) is 6.27. The highest BCUT2D eigenvalue weighted by Gasteiger charge is 2.07. The van der Waals surface area contributed by atoms with Crippen molar-refractivity contribution in [3.63, 3.8) is 0 Å². The topological polar surface area (TPSA) is 30.8 Å². The molecule has 0 fully saturated rings. The molecule has 28 heavy (non-hydrogen) atoms. The van der Waals surface area contributed by atoms with Gasteiger partial charge in [0.25, 0.3) is 0 Å². The summed E-state index contributed by atoms with van der Waals surface area (Å²) in [6.45, 7) is 4.05. The van der Waals surface area contributed by atoms with Crippen LogP contribution in [0.2, 0.25) is 0 Å². The predicted molar refractivity (Wildman–Crippen MR) is 118 cm³/mol. The van der Waals surface area contributed by atoms with Crippen LogP contribution >= 0.6 is 11.8 Å². The lowest BCUT2D eigenvalue weighted by molar-refractivity contribution is 0.415. The van der Waals surface area contributed by atoms with Gasteiger partial charge < -0.3 is 9.47 Å². The first-order chi connectivity index (χ1) is 13.6. The van der Waals surface area contributed by atoms with Gasteiger partial charge in [0, 0.05) is 10.5 Å². The number of hydrogen-bond donors (Lipinski definition) is 0. The molecular weight excluding hydrogens is 366 g/mol. The molecule has 0 aliphatic carbocycles. The van der Waals surface area contributed by atoms with E-state index in [1.807, 2.05) is 80.6 Å². The molecule has 0 unspecified atom stereocenters. The molecule has 3 aromatic rings. The summed E-state index contributed by atoms with van der Waals surface area (Å²) in [6.07, 6.45) is 1.76. The summed E-state index contributed by atoms with van der Waals surface area (Å²) in [5.74, 6) is 1.62.